The number of sulfonamides is 1. The molecule has 152 valence electrons. The van der Waals surface area contributed by atoms with Gasteiger partial charge in [0.15, 0.2) is 5.13 Å². The van der Waals surface area contributed by atoms with Crippen LogP contribution in [0.5, 0.6) is 0 Å². The summed E-state index contributed by atoms with van der Waals surface area (Å²) < 4.78 is 41.7. The van der Waals surface area contributed by atoms with Crippen molar-refractivity contribution < 1.29 is 12.8 Å². The van der Waals surface area contributed by atoms with Crippen LogP contribution in [0.25, 0.3) is 0 Å². The Labute approximate surface area is 173 Å². The standard InChI is InChI=1S/C20H21FN4O2S2/c1-13-8-9-15(11-16(13)21)29(26,27)25-10-4-6-18(25)17-5-3-7-19(23-17)24-20-22-12-14(2)28-20/h3,5,7-9,11-12,18H,4,6,10H2,1-2H3,(H,22,23,24)/t18-/m0/s1. The van der Waals surface area contributed by atoms with Crippen LogP contribution >= 0.6 is 11.3 Å². The van der Waals surface area contributed by atoms with E-state index in [9.17, 15) is 12.8 Å². The molecule has 0 spiro atoms. The Balaban J connectivity index is 1.62. The van der Waals surface area contributed by atoms with Crippen LogP contribution in [0.2, 0.25) is 0 Å². The summed E-state index contributed by atoms with van der Waals surface area (Å²) in [4.78, 5) is 9.95. The van der Waals surface area contributed by atoms with Gasteiger partial charge in [-0.3, -0.25) is 0 Å². The van der Waals surface area contributed by atoms with Gasteiger partial charge in [0.05, 0.1) is 16.6 Å². The molecule has 4 rings (SSSR count). The van der Waals surface area contributed by atoms with E-state index in [0.29, 0.717) is 30.0 Å². The van der Waals surface area contributed by atoms with Crippen molar-refractivity contribution in [3.8, 4) is 0 Å². The molecule has 1 aromatic carbocycles. The van der Waals surface area contributed by atoms with Crippen LogP contribution in [0, 0.1) is 19.7 Å². The largest absolute Gasteiger partial charge is 0.316 e. The van der Waals surface area contributed by atoms with E-state index in [0.717, 1.165) is 22.5 Å². The van der Waals surface area contributed by atoms with E-state index in [4.69, 9.17) is 0 Å². The summed E-state index contributed by atoms with van der Waals surface area (Å²) in [5, 5.41) is 3.90. The molecule has 3 heterocycles. The predicted octanol–water partition coefficient (Wildman–Crippen LogP) is 4.56. The maximum absolute atomic E-state index is 14.0. The monoisotopic (exact) mass is 432 g/mol. The zero-order valence-electron chi connectivity index (χ0n) is 16.1. The molecule has 3 aromatic rings. The summed E-state index contributed by atoms with van der Waals surface area (Å²) in [5.74, 6) is 0.0902. The molecule has 0 aliphatic carbocycles. The molecule has 9 heteroatoms. The fourth-order valence-electron chi connectivity index (χ4n) is 3.42. The number of anilines is 2. The third kappa shape index (κ3) is 4.03. The first-order valence-corrected chi connectivity index (χ1v) is 11.5. The van der Waals surface area contributed by atoms with Crippen molar-refractivity contribution in [3.05, 3.63) is 64.5 Å². The van der Waals surface area contributed by atoms with Crippen molar-refractivity contribution in [2.75, 3.05) is 11.9 Å². The van der Waals surface area contributed by atoms with Gasteiger partial charge in [0, 0.05) is 17.6 Å². The molecule has 0 radical (unpaired) electrons. The van der Waals surface area contributed by atoms with Gasteiger partial charge in [-0.25, -0.2) is 22.8 Å². The van der Waals surface area contributed by atoms with Crippen LogP contribution in [0.1, 0.15) is 35.0 Å². The summed E-state index contributed by atoms with van der Waals surface area (Å²) in [7, 11) is -3.82. The van der Waals surface area contributed by atoms with E-state index in [1.54, 1.807) is 13.1 Å². The Hall–Kier alpha value is -2.36. The first kappa shape index (κ1) is 19.9. The number of hydrogen-bond acceptors (Lipinski definition) is 6. The number of benzene rings is 1. The second-order valence-corrected chi connectivity index (χ2v) is 10.2. The maximum Gasteiger partial charge on any atom is 0.243 e. The van der Waals surface area contributed by atoms with Crippen LogP contribution < -0.4 is 5.32 Å². The highest BCUT2D eigenvalue weighted by atomic mass is 32.2. The molecule has 6 nitrogen and oxygen atoms in total. The lowest BCUT2D eigenvalue weighted by Gasteiger charge is -2.24. The van der Waals surface area contributed by atoms with E-state index in [1.807, 2.05) is 25.1 Å². The topological polar surface area (TPSA) is 75.2 Å². The number of aryl methyl sites for hydroxylation is 2. The van der Waals surface area contributed by atoms with Gasteiger partial charge >= 0.3 is 0 Å². The lowest BCUT2D eigenvalue weighted by molar-refractivity contribution is 0.390. The van der Waals surface area contributed by atoms with Gasteiger partial charge in [-0.15, -0.1) is 11.3 Å². The number of nitrogens with one attached hydrogen (secondary N) is 1. The zero-order valence-corrected chi connectivity index (χ0v) is 17.7. The minimum atomic E-state index is -3.82. The summed E-state index contributed by atoms with van der Waals surface area (Å²) in [6, 6.07) is 9.15. The Morgan fingerprint density at radius 2 is 2.07 bits per heavy atom. The molecule has 1 aliphatic rings. The van der Waals surface area contributed by atoms with Crippen molar-refractivity contribution in [2.24, 2.45) is 0 Å². The minimum absolute atomic E-state index is 0.0277. The number of aromatic nitrogens is 2. The lowest BCUT2D eigenvalue weighted by atomic mass is 10.1. The molecule has 29 heavy (non-hydrogen) atoms. The van der Waals surface area contributed by atoms with E-state index in [-0.39, 0.29) is 10.9 Å². The molecule has 1 N–H and O–H groups in total. The second kappa shape index (κ2) is 7.81. The quantitative estimate of drug-likeness (QED) is 0.640. The van der Waals surface area contributed by atoms with Gasteiger partial charge in [0.25, 0.3) is 0 Å². The number of thiazole rings is 1. The molecule has 0 bridgehead atoms. The molecule has 1 atom stereocenters. The number of rotatable bonds is 5. The molecular weight excluding hydrogens is 411 g/mol. The Morgan fingerprint density at radius 3 is 2.79 bits per heavy atom. The van der Waals surface area contributed by atoms with Crippen molar-refractivity contribution in [2.45, 2.75) is 37.6 Å². The highest BCUT2D eigenvalue weighted by Gasteiger charge is 2.37. The van der Waals surface area contributed by atoms with Crippen LogP contribution in [0.4, 0.5) is 15.3 Å². The molecule has 1 fully saturated rings. The second-order valence-electron chi connectivity index (χ2n) is 7.03. The Bertz CT molecular complexity index is 1150. The number of pyridine rings is 1. The molecule has 1 aliphatic heterocycles. The molecular formula is C20H21FN4O2S2. The van der Waals surface area contributed by atoms with Gasteiger partial charge in [-0.1, -0.05) is 12.1 Å². The summed E-state index contributed by atoms with van der Waals surface area (Å²) in [6.07, 6.45) is 3.17. The first-order chi connectivity index (χ1) is 13.8. The van der Waals surface area contributed by atoms with Crippen LogP contribution in [-0.4, -0.2) is 29.2 Å². The van der Waals surface area contributed by atoms with Gasteiger partial charge < -0.3 is 5.32 Å². The molecule has 1 saturated heterocycles. The van der Waals surface area contributed by atoms with Crippen LogP contribution in [-0.2, 0) is 10.0 Å². The van der Waals surface area contributed by atoms with E-state index in [1.165, 1.54) is 27.8 Å². The van der Waals surface area contributed by atoms with Gasteiger partial charge in [-0.2, -0.15) is 4.31 Å². The van der Waals surface area contributed by atoms with E-state index >= 15 is 0 Å². The predicted molar refractivity (Wildman–Crippen MR) is 111 cm³/mol. The number of nitrogens with zero attached hydrogens (tertiary/aromatic N) is 3. The summed E-state index contributed by atoms with van der Waals surface area (Å²) in [5.41, 5.74) is 1.08. The summed E-state index contributed by atoms with van der Waals surface area (Å²) >= 11 is 1.52. The normalized spacial score (nSPS) is 17.6. The third-order valence-electron chi connectivity index (χ3n) is 4.92. The van der Waals surface area contributed by atoms with Gasteiger partial charge in [0.1, 0.15) is 11.6 Å². The van der Waals surface area contributed by atoms with Crippen LogP contribution in [0.15, 0.2) is 47.5 Å². The fourth-order valence-corrected chi connectivity index (χ4v) is 5.77. The smallest absolute Gasteiger partial charge is 0.243 e. The Morgan fingerprint density at radius 1 is 1.24 bits per heavy atom. The maximum atomic E-state index is 14.0. The zero-order chi connectivity index (χ0) is 20.6. The average molecular weight is 433 g/mol. The SMILES string of the molecule is Cc1cnc(Nc2cccc([C@@H]3CCCN3S(=O)(=O)c3ccc(C)c(F)c3)n2)s1. The Kier molecular flexibility index (Phi) is 5.37. The number of halogens is 1. The van der Waals surface area contributed by atoms with Crippen molar-refractivity contribution in [1.82, 2.24) is 14.3 Å². The molecule has 0 unspecified atom stereocenters. The lowest BCUT2D eigenvalue weighted by Crippen LogP contribution is -2.31. The van der Waals surface area contributed by atoms with Crippen molar-refractivity contribution in [3.63, 3.8) is 0 Å². The highest BCUT2D eigenvalue weighted by Crippen LogP contribution is 2.36. The average Bonchev–Trinajstić information content (AvgIpc) is 3.33. The van der Waals surface area contributed by atoms with Gasteiger partial charge in [-0.05, 0) is 56.5 Å². The van der Waals surface area contributed by atoms with Crippen LogP contribution in [0.3, 0.4) is 0 Å². The minimum Gasteiger partial charge on any atom is -0.316 e. The van der Waals surface area contributed by atoms with Crippen molar-refractivity contribution in [1.29, 1.82) is 0 Å². The molecule has 0 amide bonds. The molecule has 2 aromatic heterocycles. The van der Waals surface area contributed by atoms with E-state index < -0.39 is 15.8 Å². The summed E-state index contributed by atoms with van der Waals surface area (Å²) in [6.45, 7) is 3.96. The number of hydrogen-bond donors (Lipinski definition) is 1. The third-order valence-corrected chi connectivity index (χ3v) is 7.65. The molecule has 0 saturated carbocycles. The van der Waals surface area contributed by atoms with E-state index in [2.05, 4.69) is 15.3 Å². The van der Waals surface area contributed by atoms with Gasteiger partial charge in [0.2, 0.25) is 10.0 Å². The first-order valence-electron chi connectivity index (χ1n) is 9.29. The highest BCUT2D eigenvalue weighted by molar-refractivity contribution is 7.89. The fraction of sp³-hybridized carbons (Fsp3) is 0.300. The van der Waals surface area contributed by atoms with Crippen molar-refractivity contribution >= 4 is 32.3 Å².